The summed E-state index contributed by atoms with van der Waals surface area (Å²) in [6.07, 6.45) is 0. The van der Waals surface area contributed by atoms with Crippen molar-refractivity contribution < 1.29 is 8.42 Å². The van der Waals surface area contributed by atoms with E-state index in [0.29, 0.717) is 9.90 Å². The average Bonchev–Trinajstić information content (AvgIpc) is 2.74. The van der Waals surface area contributed by atoms with E-state index in [-0.39, 0.29) is 6.54 Å². The molecule has 96 valence electrons. The zero-order valence-corrected chi connectivity index (χ0v) is 12.5. The highest BCUT2D eigenvalue weighted by Crippen LogP contribution is 2.25. The summed E-state index contributed by atoms with van der Waals surface area (Å²) in [5, 5.41) is 0. The molecule has 0 saturated carbocycles. The van der Waals surface area contributed by atoms with Crippen molar-refractivity contribution in [2.75, 3.05) is 5.73 Å². The van der Waals surface area contributed by atoms with Crippen LogP contribution in [0.2, 0.25) is 0 Å². The molecule has 0 radical (unpaired) electrons. The van der Waals surface area contributed by atoms with E-state index in [1.807, 2.05) is 6.07 Å². The van der Waals surface area contributed by atoms with Gasteiger partial charge in [-0.2, -0.15) is 0 Å². The molecular formula is C11H11BrN2O2S2. The first kappa shape index (κ1) is 13.5. The summed E-state index contributed by atoms with van der Waals surface area (Å²) in [6.45, 7) is 0.225. The van der Waals surface area contributed by atoms with Crippen molar-refractivity contribution in [2.45, 2.75) is 10.8 Å². The molecule has 3 N–H and O–H groups in total. The Kier molecular flexibility index (Phi) is 4.06. The topological polar surface area (TPSA) is 72.2 Å². The normalized spacial score (nSPS) is 11.6. The van der Waals surface area contributed by atoms with Crippen LogP contribution < -0.4 is 10.5 Å². The van der Waals surface area contributed by atoms with Crippen molar-refractivity contribution in [1.82, 2.24) is 4.72 Å². The van der Waals surface area contributed by atoms with Gasteiger partial charge in [0.15, 0.2) is 0 Å². The van der Waals surface area contributed by atoms with Gasteiger partial charge in [0, 0.05) is 12.2 Å². The zero-order valence-electron chi connectivity index (χ0n) is 9.26. The monoisotopic (exact) mass is 346 g/mol. The SMILES string of the molecule is Nc1cccc(CNS(=O)(=O)c2ccc(Br)s2)c1. The van der Waals surface area contributed by atoms with Gasteiger partial charge in [-0.1, -0.05) is 12.1 Å². The molecule has 1 aromatic heterocycles. The average molecular weight is 347 g/mol. The minimum atomic E-state index is -3.45. The number of anilines is 1. The molecule has 2 aromatic rings. The highest BCUT2D eigenvalue weighted by molar-refractivity contribution is 9.11. The summed E-state index contributed by atoms with van der Waals surface area (Å²) < 4.78 is 27.5. The van der Waals surface area contributed by atoms with Crippen LogP contribution in [0.25, 0.3) is 0 Å². The van der Waals surface area contributed by atoms with Gasteiger partial charge in [-0.25, -0.2) is 13.1 Å². The van der Waals surface area contributed by atoms with Crippen LogP contribution in [0, 0.1) is 0 Å². The second-order valence-electron chi connectivity index (χ2n) is 3.63. The Morgan fingerprint density at radius 1 is 1.28 bits per heavy atom. The summed E-state index contributed by atoms with van der Waals surface area (Å²) in [5.74, 6) is 0. The fraction of sp³-hybridized carbons (Fsp3) is 0.0909. The minimum absolute atomic E-state index is 0.225. The molecule has 4 nitrogen and oxygen atoms in total. The lowest BCUT2D eigenvalue weighted by Gasteiger charge is -2.05. The molecule has 0 unspecified atom stereocenters. The molecule has 2 rings (SSSR count). The molecule has 0 saturated heterocycles. The molecule has 7 heteroatoms. The van der Waals surface area contributed by atoms with E-state index in [4.69, 9.17) is 5.73 Å². The molecule has 1 heterocycles. The van der Waals surface area contributed by atoms with Gasteiger partial charge in [0.2, 0.25) is 10.0 Å². The van der Waals surface area contributed by atoms with Crippen LogP contribution in [0.15, 0.2) is 44.4 Å². The summed E-state index contributed by atoms with van der Waals surface area (Å²) in [4.78, 5) is 0. The summed E-state index contributed by atoms with van der Waals surface area (Å²) in [5.41, 5.74) is 7.08. The second kappa shape index (κ2) is 5.40. The number of nitrogens with one attached hydrogen (secondary N) is 1. The number of hydrogen-bond donors (Lipinski definition) is 2. The quantitative estimate of drug-likeness (QED) is 0.835. The first-order valence-electron chi connectivity index (χ1n) is 5.07. The van der Waals surface area contributed by atoms with Crippen LogP contribution in [-0.2, 0) is 16.6 Å². The number of hydrogen-bond acceptors (Lipinski definition) is 4. The van der Waals surface area contributed by atoms with Gasteiger partial charge in [0.1, 0.15) is 4.21 Å². The van der Waals surface area contributed by atoms with Gasteiger partial charge in [-0.3, -0.25) is 0 Å². The molecule has 0 bridgehead atoms. The Balaban J connectivity index is 2.10. The van der Waals surface area contributed by atoms with Gasteiger partial charge in [-0.05, 0) is 45.8 Å². The minimum Gasteiger partial charge on any atom is -0.399 e. The molecular weight excluding hydrogens is 336 g/mol. The van der Waals surface area contributed by atoms with E-state index < -0.39 is 10.0 Å². The highest BCUT2D eigenvalue weighted by Gasteiger charge is 2.15. The number of nitrogen functional groups attached to an aromatic ring is 1. The van der Waals surface area contributed by atoms with Crippen LogP contribution in [-0.4, -0.2) is 8.42 Å². The lowest BCUT2D eigenvalue weighted by molar-refractivity contribution is 0.583. The third-order valence-electron chi connectivity index (χ3n) is 2.23. The van der Waals surface area contributed by atoms with Crippen molar-refractivity contribution in [3.8, 4) is 0 Å². The standard InChI is InChI=1S/C11H11BrN2O2S2/c12-10-4-5-11(17-10)18(15,16)14-7-8-2-1-3-9(13)6-8/h1-6,14H,7,13H2. The van der Waals surface area contributed by atoms with Crippen LogP contribution in [0.5, 0.6) is 0 Å². The Morgan fingerprint density at radius 3 is 2.67 bits per heavy atom. The first-order valence-corrected chi connectivity index (χ1v) is 8.16. The fourth-order valence-electron chi connectivity index (χ4n) is 1.39. The number of thiophene rings is 1. The molecule has 0 amide bonds. The maximum Gasteiger partial charge on any atom is 0.250 e. The third kappa shape index (κ3) is 3.32. The molecule has 0 aliphatic heterocycles. The van der Waals surface area contributed by atoms with Crippen molar-refractivity contribution in [1.29, 1.82) is 0 Å². The Labute approximate surface area is 118 Å². The van der Waals surface area contributed by atoms with E-state index in [0.717, 1.165) is 9.35 Å². The molecule has 0 aliphatic rings. The molecule has 0 aliphatic carbocycles. The molecule has 0 spiro atoms. The number of rotatable bonds is 4. The van der Waals surface area contributed by atoms with Crippen molar-refractivity contribution in [3.63, 3.8) is 0 Å². The number of halogens is 1. The Hall–Kier alpha value is -0.890. The van der Waals surface area contributed by atoms with Gasteiger partial charge < -0.3 is 5.73 Å². The van der Waals surface area contributed by atoms with Gasteiger partial charge in [-0.15, -0.1) is 11.3 Å². The van der Waals surface area contributed by atoms with Crippen LogP contribution in [0.1, 0.15) is 5.56 Å². The molecule has 1 aromatic carbocycles. The van der Waals surface area contributed by atoms with Crippen LogP contribution >= 0.6 is 27.3 Å². The largest absolute Gasteiger partial charge is 0.399 e. The van der Waals surface area contributed by atoms with Crippen molar-refractivity contribution in [2.24, 2.45) is 0 Å². The highest BCUT2D eigenvalue weighted by atomic mass is 79.9. The zero-order chi connectivity index (χ0) is 13.2. The molecule has 0 atom stereocenters. The maximum atomic E-state index is 12.0. The summed E-state index contributed by atoms with van der Waals surface area (Å²) in [6, 6.07) is 10.4. The lowest BCUT2D eigenvalue weighted by Crippen LogP contribution is -2.22. The van der Waals surface area contributed by atoms with E-state index in [9.17, 15) is 8.42 Å². The predicted octanol–water partition coefficient (Wildman–Crippen LogP) is 2.57. The van der Waals surface area contributed by atoms with Crippen LogP contribution in [0.3, 0.4) is 0 Å². The maximum absolute atomic E-state index is 12.0. The lowest BCUT2D eigenvalue weighted by atomic mass is 10.2. The summed E-state index contributed by atoms with van der Waals surface area (Å²) >= 11 is 4.41. The molecule has 0 fully saturated rings. The van der Waals surface area contributed by atoms with E-state index in [1.54, 1.807) is 30.3 Å². The van der Waals surface area contributed by atoms with Crippen molar-refractivity contribution >= 4 is 43.0 Å². The number of sulfonamides is 1. The third-order valence-corrected chi connectivity index (χ3v) is 5.75. The van der Waals surface area contributed by atoms with E-state index >= 15 is 0 Å². The first-order chi connectivity index (χ1) is 8.47. The van der Waals surface area contributed by atoms with Crippen LogP contribution in [0.4, 0.5) is 5.69 Å². The van der Waals surface area contributed by atoms with Gasteiger partial charge in [0.05, 0.1) is 3.79 Å². The van der Waals surface area contributed by atoms with Crippen molar-refractivity contribution in [3.05, 3.63) is 45.7 Å². The Bertz CT molecular complexity index is 653. The second-order valence-corrected chi connectivity index (χ2v) is 8.08. The van der Waals surface area contributed by atoms with Gasteiger partial charge in [0.25, 0.3) is 0 Å². The number of nitrogens with two attached hydrogens (primary N) is 1. The number of benzene rings is 1. The Morgan fingerprint density at radius 2 is 2.06 bits per heavy atom. The van der Waals surface area contributed by atoms with E-state index in [2.05, 4.69) is 20.7 Å². The molecule has 18 heavy (non-hydrogen) atoms. The fourth-order valence-corrected chi connectivity index (χ4v) is 4.47. The van der Waals surface area contributed by atoms with Gasteiger partial charge >= 0.3 is 0 Å². The predicted molar refractivity (Wildman–Crippen MR) is 76.9 cm³/mol. The summed E-state index contributed by atoms with van der Waals surface area (Å²) in [7, 11) is -3.45. The van der Waals surface area contributed by atoms with E-state index in [1.165, 1.54) is 11.3 Å². The smallest absolute Gasteiger partial charge is 0.250 e.